The second-order valence-corrected chi connectivity index (χ2v) is 5.18. The van der Waals surface area contributed by atoms with E-state index in [0.717, 1.165) is 19.4 Å². The topological polar surface area (TPSA) is 69.2 Å². The molecular weight excluding hydrogens is 274 g/mol. The summed E-state index contributed by atoms with van der Waals surface area (Å²) in [4.78, 5) is 0. The van der Waals surface area contributed by atoms with Crippen molar-refractivity contribution in [1.29, 1.82) is 0 Å². The summed E-state index contributed by atoms with van der Waals surface area (Å²) in [7, 11) is 1.65. The highest BCUT2D eigenvalue weighted by molar-refractivity contribution is 4.81. The molecule has 0 aromatic carbocycles. The molecule has 128 valence electrons. The predicted octanol–water partition coefficient (Wildman–Crippen LogP) is 0.823. The fourth-order valence-corrected chi connectivity index (χ4v) is 1.90. The molecule has 2 N–H and O–H groups in total. The van der Waals surface area contributed by atoms with Crippen LogP contribution in [0.25, 0.3) is 0 Å². The molecular formula is C15H33NO5. The summed E-state index contributed by atoms with van der Waals surface area (Å²) >= 11 is 0. The minimum absolute atomic E-state index is 0.146. The molecule has 1 unspecified atom stereocenters. The fourth-order valence-electron chi connectivity index (χ4n) is 1.90. The second kappa shape index (κ2) is 14.7. The van der Waals surface area contributed by atoms with Crippen molar-refractivity contribution in [2.24, 2.45) is 0 Å². The lowest BCUT2D eigenvalue weighted by molar-refractivity contribution is 0.00241. The Morgan fingerprint density at radius 2 is 1.43 bits per heavy atom. The van der Waals surface area contributed by atoms with E-state index in [4.69, 9.17) is 18.9 Å². The Kier molecular flexibility index (Phi) is 14.5. The minimum Gasteiger partial charge on any atom is -0.394 e. The van der Waals surface area contributed by atoms with Gasteiger partial charge in [0.2, 0.25) is 0 Å². The van der Waals surface area contributed by atoms with E-state index in [2.05, 4.69) is 5.32 Å². The van der Waals surface area contributed by atoms with Crippen LogP contribution in [0.4, 0.5) is 0 Å². The molecule has 0 radical (unpaired) electrons. The number of likely N-dealkylation sites (N-methyl/N-ethyl adjacent to an activating group) is 1. The van der Waals surface area contributed by atoms with E-state index in [1.807, 2.05) is 13.8 Å². The predicted molar refractivity (Wildman–Crippen MR) is 82.7 cm³/mol. The van der Waals surface area contributed by atoms with Crippen LogP contribution in [0, 0.1) is 0 Å². The van der Waals surface area contributed by atoms with Gasteiger partial charge in [-0.15, -0.1) is 0 Å². The highest BCUT2D eigenvalue weighted by Crippen LogP contribution is 2.11. The van der Waals surface area contributed by atoms with Gasteiger partial charge in [0, 0.05) is 19.3 Å². The van der Waals surface area contributed by atoms with Crippen molar-refractivity contribution in [3.8, 4) is 0 Å². The molecule has 0 aromatic rings. The zero-order valence-corrected chi connectivity index (χ0v) is 13.9. The molecule has 0 spiro atoms. The first kappa shape index (κ1) is 20.8. The van der Waals surface area contributed by atoms with Gasteiger partial charge >= 0.3 is 0 Å². The fraction of sp³-hybridized carbons (Fsp3) is 1.00. The molecule has 1 atom stereocenters. The van der Waals surface area contributed by atoms with E-state index in [-0.39, 0.29) is 12.1 Å². The number of nitrogens with one attached hydrogen (secondary N) is 1. The van der Waals surface area contributed by atoms with Crippen LogP contribution in [0.2, 0.25) is 0 Å². The first-order valence-electron chi connectivity index (χ1n) is 7.76. The zero-order chi connectivity index (χ0) is 15.8. The maximum absolute atomic E-state index is 9.35. The molecule has 0 aliphatic rings. The monoisotopic (exact) mass is 307 g/mol. The number of aliphatic hydroxyl groups is 1. The van der Waals surface area contributed by atoms with Crippen LogP contribution in [0.5, 0.6) is 0 Å². The Morgan fingerprint density at radius 1 is 0.905 bits per heavy atom. The Bertz CT molecular complexity index is 218. The largest absolute Gasteiger partial charge is 0.394 e. The van der Waals surface area contributed by atoms with E-state index < -0.39 is 0 Å². The van der Waals surface area contributed by atoms with Crippen LogP contribution >= 0.6 is 0 Å². The number of aliphatic hydroxyl groups excluding tert-OH is 1. The van der Waals surface area contributed by atoms with E-state index in [1.54, 1.807) is 7.11 Å². The van der Waals surface area contributed by atoms with Gasteiger partial charge in [0.05, 0.1) is 46.2 Å². The highest BCUT2D eigenvalue weighted by atomic mass is 16.6. The summed E-state index contributed by atoms with van der Waals surface area (Å²) in [6.45, 7) is 9.32. The van der Waals surface area contributed by atoms with E-state index in [0.29, 0.717) is 46.2 Å². The molecule has 0 saturated heterocycles. The summed E-state index contributed by atoms with van der Waals surface area (Å²) in [5.74, 6) is 0. The molecule has 0 aliphatic carbocycles. The van der Waals surface area contributed by atoms with Crippen molar-refractivity contribution in [3.05, 3.63) is 0 Å². The molecule has 21 heavy (non-hydrogen) atoms. The van der Waals surface area contributed by atoms with Gasteiger partial charge in [0.15, 0.2) is 0 Å². The highest BCUT2D eigenvalue weighted by Gasteiger charge is 2.20. The normalized spacial score (nSPS) is 14.3. The van der Waals surface area contributed by atoms with Crippen molar-refractivity contribution in [2.75, 3.05) is 66.5 Å². The third kappa shape index (κ3) is 13.2. The van der Waals surface area contributed by atoms with Gasteiger partial charge in [-0.3, -0.25) is 0 Å². The van der Waals surface area contributed by atoms with Gasteiger partial charge in [-0.1, -0.05) is 6.92 Å². The van der Waals surface area contributed by atoms with Crippen LogP contribution in [-0.4, -0.2) is 77.2 Å². The summed E-state index contributed by atoms with van der Waals surface area (Å²) in [5.41, 5.74) is -0.200. The number of hydrogen-bond donors (Lipinski definition) is 2. The van der Waals surface area contributed by atoms with Crippen LogP contribution in [0.3, 0.4) is 0 Å². The van der Waals surface area contributed by atoms with Crippen LogP contribution in [0.1, 0.15) is 26.7 Å². The third-order valence-electron chi connectivity index (χ3n) is 3.15. The van der Waals surface area contributed by atoms with Crippen molar-refractivity contribution in [2.45, 2.75) is 32.2 Å². The maximum atomic E-state index is 9.35. The molecule has 0 bridgehead atoms. The molecule has 0 fully saturated rings. The quantitative estimate of drug-likeness (QED) is 0.412. The van der Waals surface area contributed by atoms with Crippen molar-refractivity contribution in [1.82, 2.24) is 5.32 Å². The standard InChI is InChI=1S/C15H33NO5/c1-4-16-15(2,14-17)6-5-7-19-10-11-21-13-12-20-9-8-18-3/h16-17H,4-14H2,1-3H3. The van der Waals surface area contributed by atoms with Crippen molar-refractivity contribution in [3.63, 3.8) is 0 Å². The summed E-state index contributed by atoms with van der Waals surface area (Å²) < 4.78 is 21.0. The third-order valence-corrected chi connectivity index (χ3v) is 3.15. The van der Waals surface area contributed by atoms with Gasteiger partial charge in [-0.25, -0.2) is 0 Å². The Balaban J connectivity index is 3.25. The molecule has 0 amide bonds. The lowest BCUT2D eigenvalue weighted by Crippen LogP contribution is -2.45. The number of ether oxygens (including phenoxy) is 4. The molecule has 0 saturated carbocycles. The minimum atomic E-state index is -0.200. The van der Waals surface area contributed by atoms with Gasteiger partial charge in [0.25, 0.3) is 0 Å². The average Bonchev–Trinajstić information content (AvgIpc) is 2.48. The Hall–Kier alpha value is -0.240. The molecule has 0 rings (SSSR count). The first-order chi connectivity index (χ1) is 10.2. The van der Waals surface area contributed by atoms with E-state index in [1.165, 1.54) is 0 Å². The summed E-state index contributed by atoms with van der Waals surface area (Å²) in [6.07, 6.45) is 1.82. The summed E-state index contributed by atoms with van der Waals surface area (Å²) in [5, 5.41) is 12.6. The molecule has 6 heteroatoms. The SMILES string of the molecule is CCNC(C)(CO)CCCOCCOCCOCCOC. The van der Waals surface area contributed by atoms with Crippen LogP contribution < -0.4 is 5.32 Å². The first-order valence-corrected chi connectivity index (χ1v) is 7.76. The molecule has 0 heterocycles. The smallest absolute Gasteiger partial charge is 0.0701 e. The molecule has 0 aromatic heterocycles. The van der Waals surface area contributed by atoms with E-state index in [9.17, 15) is 5.11 Å². The van der Waals surface area contributed by atoms with Gasteiger partial charge < -0.3 is 29.4 Å². The number of rotatable bonds is 16. The average molecular weight is 307 g/mol. The van der Waals surface area contributed by atoms with Crippen LogP contribution in [-0.2, 0) is 18.9 Å². The Morgan fingerprint density at radius 3 is 1.90 bits per heavy atom. The van der Waals surface area contributed by atoms with Crippen LogP contribution in [0.15, 0.2) is 0 Å². The van der Waals surface area contributed by atoms with Gasteiger partial charge in [-0.05, 0) is 26.3 Å². The number of methoxy groups -OCH3 is 1. The Labute approximate surface area is 129 Å². The van der Waals surface area contributed by atoms with Gasteiger partial charge in [0.1, 0.15) is 0 Å². The van der Waals surface area contributed by atoms with E-state index >= 15 is 0 Å². The lowest BCUT2D eigenvalue weighted by Gasteiger charge is -2.28. The summed E-state index contributed by atoms with van der Waals surface area (Å²) in [6, 6.07) is 0. The number of hydrogen-bond acceptors (Lipinski definition) is 6. The van der Waals surface area contributed by atoms with Gasteiger partial charge in [-0.2, -0.15) is 0 Å². The second-order valence-electron chi connectivity index (χ2n) is 5.18. The maximum Gasteiger partial charge on any atom is 0.0701 e. The lowest BCUT2D eigenvalue weighted by atomic mass is 9.97. The van der Waals surface area contributed by atoms with Crippen molar-refractivity contribution < 1.29 is 24.1 Å². The molecule has 0 aliphatic heterocycles. The zero-order valence-electron chi connectivity index (χ0n) is 13.9. The van der Waals surface area contributed by atoms with Crippen molar-refractivity contribution >= 4 is 0 Å². The molecule has 6 nitrogen and oxygen atoms in total.